The van der Waals surface area contributed by atoms with Crippen molar-refractivity contribution in [3.05, 3.63) is 57.6 Å². The third-order valence-electron chi connectivity index (χ3n) is 6.52. The summed E-state index contributed by atoms with van der Waals surface area (Å²) in [6.45, 7) is 2.26. The smallest absolute Gasteiger partial charge is 0.254 e. The minimum absolute atomic E-state index is 0.0595. The number of halogens is 1. The van der Waals surface area contributed by atoms with Crippen LogP contribution in [0, 0.1) is 0 Å². The number of nitrogens with two attached hydrogens (primary N) is 1. The van der Waals surface area contributed by atoms with Crippen LogP contribution in [0.1, 0.15) is 57.5 Å². The fourth-order valence-corrected chi connectivity index (χ4v) is 5.39. The van der Waals surface area contributed by atoms with E-state index in [2.05, 4.69) is 6.07 Å². The number of nitrogens with zero attached hydrogens (tertiary/aromatic N) is 1. The minimum atomic E-state index is -0.609. The highest BCUT2D eigenvalue weighted by molar-refractivity contribution is 6.34. The number of carbonyl (C=O) groups is 2. The molecule has 0 bridgehead atoms. The van der Waals surface area contributed by atoms with E-state index in [1.54, 1.807) is 6.07 Å². The lowest BCUT2D eigenvalue weighted by Gasteiger charge is -2.43. The van der Waals surface area contributed by atoms with E-state index < -0.39 is 5.91 Å². The predicted molar refractivity (Wildman–Crippen MR) is 112 cm³/mol. The Bertz CT molecular complexity index is 1050. The van der Waals surface area contributed by atoms with Gasteiger partial charge in [-0.1, -0.05) is 24.4 Å². The van der Waals surface area contributed by atoms with Crippen molar-refractivity contribution < 1.29 is 19.1 Å². The quantitative estimate of drug-likeness (QED) is 0.794. The van der Waals surface area contributed by atoms with E-state index >= 15 is 0 Å². The molecule has 30 heavy (non-hydrogen) atoms. The standard InChI is InChI=1S/C23H23ClN2O4/c24-18-9-14(3-4-16(18)21(25)27)22(28)26-12-15-10-19-20(30-8-7-29-19)11-17(15)23(13-26)5-1-2-6-23/h3-4,9-11H,1-2,5-8,12-13H2,(H2,25,27). The number of fused-ring (bicyclic) bond motifs is 3. The SMILES string of the molecule is NC(=O)c1ccc(C(=O)N2Cc3cc4c(cc3C3(CCCC3)C2)OCCO4)cc1Cl. The highest BCUT2D eigenvalue weighted by atomic mass is 35.5. The van der Waals surface area contributed by atoms with Crippen molar-refractivity contribution in [2.75, 3.05) is 19.8 Å². The molecule has 0 saturated heterocycles. The molecule has 0 unspecified atom stereocenters. The summed E-state index contributed by atoms with van der Waals surface area (Å²) >= 11 is 6.19. The first-order chi connectivity index (χ1) is 14.5. The van der Waals surface area contributed by atoms with Gasteiger partial charge in [0.15, 0.2) is 11.5 Å². The van der Waals surface area contributed by atoms with Crippen LogP contribution < -0.4 is 15.2 Å². The zero-order chi connectivity index (χ0) is 20.9. The summed E-state index contributed by atoms with van der Waals surface area (Å²) in [5.74, 6) is 0.846. The van der Waals surface area contributed by atoms with Gasteiger partial charge < -0.3 is 20.1 Å². The Balaban J connectivity index is 1.52. The van der Waals surface area contributed by atoms with Gasteiger partial charge in [0, 0.05) is 24.1 Å². The molecule has 1 fully saturated rings. The Kier molecular flexibility index (Phi) is 4.62. The van der Waals surface area contributed by atoms with Gasteiger partial charge in [-0.2, -0.15) is 0 Å². The van der Waals surface area contributed by atoms with Crippen molar-refractivity contribution in [1.29, 1.82) is 0 Å². The summed E-state index contributed by atoms with van der Waals surface area (Å²) in [7, 11) is 0. The summed E-state index contributed by atoms with van der Waals surface area (Å²) in [4.78, 5) is 26.7. The number of amides is 2. The Morgan fingerprint density at radius 3 is 2.40 bits per heavy atom. The molecule has 2 N–H and O–H groups in total. The van der Waals surface area contributed by atoms with Crippen LogP contribution in [0.3, 0.4) is 0 Å². The van der Waals surface area contributed by atoms with E-state index in [9.17, 15) is 9.59 Å². The van der Waals surface area contributed by atoms with Crippen molar-refractivity contribution in [3.8, 4) is 11.5 Å². The van der Waals surface area contributed by atoms with Gasteiger partial charge in [0.25, 0.3) is 5.91 Å². The molecule has 1 saturated carbocycles. The van der Waals surface area contributed by atoms with Gasteiger partial charge in [-0.05, 0) is 54.3 Å². The third kappa shape index (κ3) is 3.10. The van der Waals surface area contributed by atoms with Gasteiger partial charge in [0.05, 0.1) is 10.6 Å². The average molecular weight is 427 g/mol. The number of primary amides is 1. The lowest BCUT2D eigenvalue weighted by Crippen LogP contribution is -2.46. The minimum Gasteiger partial charge on any atom is -0.486 e. The molecular weight excluding hydrogens is 404 g/mol. The zero-order valence-corrected chi connectivity index (χ0v) is 17.3. The normalized spacial score (nSPS) is 18.9. The van der Waals surface area contributed by atoms with Crippen LogP contribution in [0.5, 0.6) is 11.5 Å². The van der Waals surface area contributed by atoms with Gasteiger partial charge in [0.2, 0.25) is 5.91 Å². The van der Waals surface area contributed by atoms with Crippen LogP contribution in [-0.4, -0.2) is 36.5 Å². The molecule has 2 amide bonds. The third-order valence-corrected chi connectivity index (χ3v) is 6.84. The second-order valence-electron chi connectivity index (χ2n) is 8.36. The summed E-state index contributed by atoms with van der Waals surface area (Å²) in [6, 6.07) is 8.84. The van der Waals surface area contributed by atoms with Crippen LogP contribution in [0.25, 0.3) is 0 Å². The molecule has 5 rings (SSSR count). The monoisotopic (exact) mass is 426 g/mol. The molecule has 6 nitrogen and oxygen atoms in total. The first-order valence-electron chi connectivity index (χ1n) is 10.3. The predicted octanol–water partition coefficient (Wildman–Crippen LogP) is 3.68. The molecule has 7 heteroatoms. The number of benzene rings is 2. The van der Waals surface area contributed by atoms with Crippen LogP contribution in [0.4, 0.5) is 0 Å². The zero-order valence-electron chi connectivity index (χ0n) is 16.6. The number of rotatable bonds is 2. The van der Waals surface area contributed by atoms with Crippen molar-refractivity contribution in [1.82, 2.24) is 4.90 Å². The molecule has 2 aliphatic heterocycles. The van der Waals surface area contributed by atoms with E-state index in [1.165, 1.54) is 17.7 Å². The van der Waals surface area contributed by atoms with E-state index in [-0.39, 0.29) is 21.9 Å². The fourth-order valence-electron chi connectivity index (χ4n) is 5.12. The molecule has 0 atom stereocenters. The summed E-state index contributed by atoms with van der Waals surface area (Å²) in [5, 5.41) is 0.195. The molecular formula is C23H23ClN2O4. The van der Waals surface area contributed by atoms with Crippen LogP contribution in [0.2, 0.25) is 5.02 Å². The van der Waals surface area contributed by atoms with E-state index in [0.717, 1.165) is 42.7 Å². The summed E-state index contributed by atoms with van der Waals surface area (Å²) < 4.78 is 11.6. The van der Waals surface area contributed by atoms with Gasteiger partial charge in [0.1, 0.15) is 13.2 Å². The Morgan fingerprint density at radius 1 is 1.03 bits per heavy atom. The van der Waals surface area contributed by atoms with Gasteiger partial charge in [-0.15, -0.1) is 0 Å². The van der Waals surface area contributed by atoms with Crippen LogP contribution in [0.15, 0.2) is 30.3 Å². The maximum Gasteiger partial charge on any atom is 0.254 e. The molecule has 0 aromatic heterocycles. The van der Waals surface area contributed by atoms with Crippen molar-refractivity contribution in [2.24, 2.45) is 5.73 Å². The first kappa shape index (κ1) is 19.2. The number of ether oxygens (including phenoxy) is 2. The Labute approximate surface area is 179 Å². The van der Waals surface area contributed by atoms with E-state index in [0.29, 0.717) is 31.9 Å². The molecule has 1 aliphatic carbocycles. The van der Waals surface area contributed by atoms with Crippen LogP contribution in [-0.2, 0) is 12.0 Å². The lowest BCUT2D eigenvalue weighted by molar-refractivity contribution is 0.0668. The molecule has 1 spiro atoms. The number of hydrogen-bond donors (Lipinski definition) is 1. The topological polar surface area (TPSA) is 81.9 Å². The number of carbonyl (C=O) groups excluding carboxylic acids is 2. The van der Waals surface area contributed by atoms with E-state index in [4.69, 9.17) is 26.8 Å². The first-order valence-corrected chi connectivity index (χ1v) is 10.7. The van der Waals surface area contributed by atoms with E-state index in [1.807, 2.05) is 11.0 Å². The number of hydrogen-bond acceptors (Lipinski definition) is 4. The molecule has 0 radical (unpaired) electrons. The lowest BCUT2D eigenvalue weighted by atomic mass is 9.73. The molecule has 2 aromatic carbocycles. The molecule has 156 valence electrons. The summed E-state index contributed by atoms with van der Waals surface area (Å²) in [6.07, 6.45) is 4.39. The van der Waals surface area contributed by atoms with Crippen molar-refractivity contribution >= 4 is 23.4 Å². The molecule has 2 aromatic rings. The van der Waals surface area contributed by atoms with Crippen molar-refractivity contribution in [2.45, 2.75) is 37.6 Å². The van der Waals surface area contributed by atoms with Crippen LogP contribution >= 0.6 is 11.6 Å². The molecule has 3 aliphatic rings. The van der Waals surface area contributed by atoms with Gasteiger partial charge >= 0.3 is 0 Å². The highest BCUT2D eigenvalue weighted by Crippen LogP contribution is 2.49. The van der Waals surface area contributed by atoms with Gasteiger partial charge in [-0.3, -0.25) is 9.59 Å². The van der Waals surface area contributed by atoms with Gasteiger partial charge in [-0.25, -0.2) is 0 Å². The Morgan fingerprint density at radius 2 is 1.73 bits per heavy atom. The second-order valence-corrected chi connectivity index (χ2v) is 8.77. The average Bonchev–Trinajstić information content (AvgIpc) is 3.20. The highest BCUT2D eigenvalue weighted by Gasteiger charge is 2.44. The van der Waals surface area contributed by atoms with Crippen molar-refractivity contribution in [3.63, 3.8) is 0 Å². The Hall–Kier alpha value is -2.73. The maximum absolute atomic E-state index is 13.4. The maximum atomic E-state index is 13.4. The fraction of sp³-hybridized carbons (Fsp3) is 0.391. The molecule has 2 heterocycles. The largest absolute Gasteiger partial charge is 0.486 e. The summed E-state index contributed by atoms with van der Waals surface area (Å²) in [5.41, 5.74) is 8.34. The second kappa shape index (κ2) is 7.20.